The summed E-state index contributed by atoms with van der Waals surface area (Å²) in [6.07, 6.45) is 6.24. The van der Waals surface area contributed by atoms with Crippen LogP contribution in [0.15, 0.2) is 17.1 Å². The van der Waals surface area contributed by atoms with E-state index in [0.29, 0.717) is 43.2 Å². The first-order valence-corrected chi connectivity index (χ1v) is 13.5. The van der Waals surface area contributed by atoms with Crippen molar-refractivity contribution in [3.63, 3.8) is 0 Å². The first-order valence-electron chi connectivity index (χ1n) is 11.9. The van der Waals surface area contributed by atoms with Gasteiger partial charge in [0.15, 0.2) is 0 Å². The number of rotatable bonds is 3. The number of piperidine rings is 1. The Morgan fingerprint density at radius 2 is 2.09 bits per heavy atom. The molecule has 10 heteroatoms. The lowest BCUT2D eigenvalue weighted by Gasteiger charge is -2.37. The van der Waals surface area contributed by atoms with Crippen molar-refractivity contribution in [3.05, 3.63) is 28.2 Å². The van der Waals surface area contributed by atoms with Crippen LogP contribution in [0.4, 0.5) is 5.95 Å². The van der Waals surface area contributed by atoms with Gasteiger partial charge in [-0.15, -0.1) is 0 Å². The number of sulfonamides is 1. The van der Waals surface area contributed by atoms with Crippen LogP contribution in [0.1, 0.15) is 57.6 Å². The normalized spacial score (nSPS) is 29.5. The summed E-state index contributed by atoms with van der Waals surface area (Å²) in [6.45, 7) is 7.41. The van der Waals surface area contributed by atoms with Crippen LogP contribution in [0.3, 0.4) is 0 Å². The van der Waals surface area contributed by atoms with Gasteiger partial charge < -0.3 is 10.1 Å². The second-order valence-corrected chi connectivity index (χ2v) is 12.4. The van der Waals surface area contributed by atoms with E-state index in [9.17, 15) is 13.2 Å². The average molecular weight is 476 g/mol. The van der Waals surface area contributed by atoms with Gasteiger partial charge in [0.05, 0.1) is 25.0 Å². The van der Waals surface area contributed by atoms with Crippen LogP contribution in [0.25, 0.3) is 11.0 Å². The summed E-state index contributed by atoms with van der Waals surface area (Å²) in [5.74, 6) is 0.523. The zero-order valence-corrected chi connectivity index (χ0v) is 20.4. The highest BCUT2D eigenvalue weighted by atomic mass is 32.2. The van der Waals surface area contributed by atoms with Crippen molar-refractivity contribution < 1.29 is 13.2 Å². The summed E-state index contributed by atoms with van der Waals surface area (Å²) in [6, 6.07) is 1.83. The fourth-order valence-electron chi connectivity index (χ4n) is 5.77. The van der Waals surface area contributed by atoms with E-state index >= 15 is 0 Å². The Morgan fingerprint density at radius 1 is 1.27 bits per heavy atom. The number of fused-ring (bicyclic) bond motifs is 2. The molecule has 2 unspecified atom stereocenters. The van der Waals surface area contributed by atoms with Crippen LogP contribution in [0.2, 0.25) is 0 Å². The summed E-state index contributed by atoms with van der Waals surface area (Å²) >= 11 is 0. The molecule has 2 aromatic heterocycles. The zero-order valence-electron chi connectivity index (χ0n) is 19.6. The van der Waals surface area contributed by atoms with Crippen LogP contribution in [0, 0.1) is 12.3 Å². The number of hydrogen-bond donors (Lipinski definition) is 1. The molecular weight excluding hydrogens is 442 g/mol. The van der Waals surface area contributed by atoms with E-state index in [-0.39, 0.29) is 41.5 Å². The van der Waals surface area contributed by atoms with Crippen LogP contribution in [-0.2, 0) is 14.8 Å². The Balaban J connectivity index is 1.45. The first-order chi connectivity index (χ1) is 15.7. The minimum atomic E-state index is -3.27. The molecule has 1 N–H and O–H groups in total. The van der Waals surface area contributed by atoms with Gasteiger partial charge in [0.1, 0.15) is 5.65 Å². The van der Waals surface area contributed by atoms with E-state index < -0.39 is 10.0 Å². The summed E-state index contributed by atoms with van der Waals surface area (Å²) in [4.78, 5) is 22.6. The standard InChI is InChI=1S/C23H33N5O4S/c1-15-11-16-13-24-22(26-20(16)28(21(15)29)19-5-4-7-23(19,2)3)25-17-6-8-27-18(12-17)14-32-9-10-33(27,30)31/h11,13,17-19H,4-10,12,14H2,1-3H3,(H,24,25,26)/t17?,18?,19-/m1/s1. The first kappa shape index (κ1) is 22.7. The molecule has 3 aliphatic rings. The summed E-state index contributed by atoms with van der Waals surface area (Å²) in [5, 5.41) is 4.27. The number of nitrogens with zero attached hydrogens (tertiary/aromatic N) is 4. The van der Waals surface area contributed by atoms with Gasteiger partial charge in [-0.05, 0) is 44.1 Å². The number of aromatic nitrogens is 3. The van der Waals surface area contributed by atoms with Crippen molar-refractivity contribution >= 4 is 27.0 Å². The summed E-state index contributed by atoms with van der Waals surface area (Å²) < 4.78 is 34.0. The van der Waals surface area contributed by atoms with Crippen molar-refractivity contribution in [2.24, 2.45) is 5.41 Å². The molecule has 0 amide bonds. The minimum Gasteiger partial charge on any atom is -0.379 e. The van der Waals surface area contributed by atoms with E-state index in [2.05, 4.69) is 24.1 Å². The highest BCUT2D eigenvalue weighted by Crippen LogP contribution is 2.46. The monoisotopic (exact) mass is 475 g/mol. The van der Waals surface area contributed by atoms with Crippen molar-refractivity contribution in [1.82, 2.24) is 18.8 Å². The quantitative estimate of drug-likeness (QED) is 0.727. The molecule has 2 aliphatic heterocycles. The smallest absolute Gasteiger partial charge is 0.255 e. The maximum absolute atomic E-state index is 13.2. The Bertz CT molecular complexity index is 1230. The maximum Gasteiger partial charge on any atom is 0.255 e. The van der Waals surface area contributed by atoms with E-state index in [0.717, 1.165) is 24.6 Å². The van der Waals surface area contributed by atoms with Gasteiger partial charge in [0.2, 0.25) is 16.0 Å². The maximum atomic E-state index is 13.2. The molecule has 3 fully saturated rings. The lowest BCUT2D eigenvalue weighted by molar-refractivity contribution is 0.0936. The van der Waals surface area contributed by atoms with E-state index in [1.807, 2.05) is 17.6 Å². The molecule has 0 aromatic carbocycles. The van der Waals surface area contributed by atoms with Gasteiger partial charge in [-0.3, -0.25) is 9.36 Å². The topological polar surface area (TPSA) is 106 Å². The molecule has 1 aliphatic carbocycles. The molecule has 2 saturated heterocycles. The molecule has 0 radical (unpaired) electrons. The molecule has 2 aromatic rings. The molecule has 0 bridgehead atoms. The van der Waals surface area contributed by atoms with Gasteiger partial charge in [-0.1, -0.05) is 20.3 Å². The molecule has 180 valence electrons. The van der Waals surface area contributed by atoms with Crippen LogP contribution in [0.5, 0.6) is 0 Å². The molecule has 5 rings (SSSR count). The third-order valence-corrected chi connectivity index (χ3v) is 9.49. The predicted octanol–water partition coefficient (Wildman–Crippen LogP) is 2.46. The molecule has 9 nitrogen and oxygen atoms in total. The predicted molar refractivity (Wildman–Crippen MR) is 127 cm³/mol. The van der Waals surface area contributed by atoms with E-state index in [4.69, 9.17) is 9.72 Å². The van der Waals surface area contributed by atoms with Gasteiger partial charge in [0.25, 0.3) is 5.56 Å². The number of ether oxygens (including phenoxy) is 1. The largest absolute Gasteiger partial charge is 0.379 e. The number of hydrogen-bond acceptors (Lipinski definition) is 7. The molecule has 33 heavy (non-hydrogen) atoms. The number of pyridine rings is 1. The zero-order chi connectivity index (χ0) is 23.4. The number of nitrogens with one attached hydrogen (secondary N) is 1. The van der Waals surface area contributed by atoms with Gasteiger partial charge in [-0.2, -0.15) is 9.29 Å². The molecule has 1 saturated carbocycles. The summed E-state index contributed by atoms with van der Waals surface area (Å²) in [5.41, 5.74) is 1.42. The van der Waals surface area contributed by atoms with Crippen molar-refractivity contribution in [3.8, 4) is 0 Å². The highest BCUT2D eigenvalue weighted by molar-refractivity contribution is 7.89. The molecular formula is C23H33N5O4S. The second kappa shape index (κ2) is 8.32. The van der Waals surface area contributed by atoms with Gasteiger partial charge in [-0.25, -0.2) is 13.4 Å². The van der Waals surface area contributed by atoms with E-state index in [1.54, 1.807) is 10.5 Å². The van der Waals surface area contributed by atoms with Crippen LogP contribution >= 0.6 is 0 Å². The Hall–Kier alpha value is -2.04. The number of aryl methyl sites for hydroxylation is 1. The van der Waals surface area contributed by atoms with Gasteiger partial charge in [0, 0.05) is 35.8 Å². The molecule has 3 atom stereocenters. The van der Waals surface area contributed by atoms with Crippen molar-refractivity contribution in [2.75, 3.05) is 30.8 Å². The fourth-order valence-corrected chi connectivity index (χ4v) is 7.31. The second-order valence-electron chi connectivity index (χ2n) is 10.4. The lowest BCUT2D eigenvalue weighted by atomic mass is 9.87. The minimum absolute atomic E-state index is 0.0150. The van der Waals surface area contributed by atoms with Crippen LogP contribution < -0.4 is 10.9 Å². The third-order valence-electron chi connectivity index (χ3n) is 7.61. The molecule has 4 heterocycles. The Kier molecular flexibility index (Phi) is 5.73. The van der Waals surface area contributed by atoms with Crippen LogP contribution in [-0.4, -0.2) is 64.9 Å². The van der Waals surface area contributed by atoms with Gasteiger partial charge >= 0.3 is 0 Å². The average Bonchev–Trinajstić information content (AvgIpc) is 3.03. The van der Waals surface area contributed by atoms with E-state index in [1.165, 1.54) is 0 Å². The van der Waals surface area contributed by atoms with Crippen molar-refractivity contribution in [2.45, 2.75) is 71.0 Å². The SMILES string of the molecule is Cc1cc2cnc(NC3CCN4C(COCCS4(=O)=O)C3)nc2n([C@@H]2CCCC2(C)C)c1=O. The number of anilines is 1. The Labute approximate surface area is 194 Å². The Morgan fingerprint density at radius 3 is 2.85 bits per heavy atom. The molecule has 0 spiro atoms. The fraction of sp³-hybridized carbons (Fsp3) is 0.696. The highest BCUT2D eigenvalue weighted by Gasteiger charge is 2.39. The third kappa shape index (κ3) is 4.17. The van der Waals surface area contributed by atoms with Crippen molar-refractivity contribution in [1.29, 1.82) is 0 Å². The summed E-state index contributed by atoms with van der Waals surface area (Å²) in [7, 11) is -3.27. The lowest BCUT2D eigenvalue weighted by Crippen LogP contribution is -2.50.